The smallest absolute Gasteiger partial charge is 0.216 e. The molecule has 0 saturated carbocycles. The zero-order chi connectivity index (χ0) is 16.5. The number of benzene rings is 2. The number of ether oxygens (including phenoxy) is 1. The van der Waals surface area contributed by atoms with Crippen LogP contribution in [0.15, 0.2) is 54.6 Å². The van der Waals surface area contributed by atoms with Crippen molar-refractivity contribution >= 4 is 10.0 Å². The van der Waals surface area contributed by atoms with Crippen molar-refractivity contribution in [1.82, 2.24) is 4.72 Å². The van der Waals surface area contributed by atoms with Gasteiger partial charge in [-0.25, -0.2) is 13.1 Å². The molecule has 0 aromatic heterocycles. The first-order chi connectivity index (χ1) is 10.8. The van der Waals surface area contributed by atoms with Gasteiger partial charge in [-0.2, -0.15) is 0 Å². The average Bonchev–Trinajstić information content (AvgIpc) is 2.46. The van der Waals surface area contributed by atoms with E-state index in [0.717, 1.165) is 16.9 Å². The molecule has 3 rings (SSSR count). The van der Waals surface area contributed by atoms with Crippen LogP contribution in [-0.4, -0.2) is 14.0 Å². The molecule has 0 bridgehead atoms. The molecule has 5 heteroatoms. The van der Waals surface area contributed by atoms with E-state index in [-0.39, 0.29) is 11.8 Å². The van der Waals surface area contributed by atoms with E-state index in [1.165, 1.54) is 0 Å². The van der Waals surface area contributed by atoms with Crippen molar-refractivity contribution < 1.29 is 13.2 Å². The van der Waals surface area contributed by atoms with Crippen LogP contribution in [0.4, 0.5) is 0 Å². The van der Waals surface area contributed by atoms with Gasteiger partial charge in [-0.15, -0.1) is 0 Å². The van der Waals surface area contributed by atoms with Crippen molar-refractivity contribution in [2.24, 2.45) is 0 Å². The number of sulfonamides is 1. The summed E-state index contributed by atoms with van der Waals surface area (Å²) in [5.41, 5.74) is 1.26. The summed E-state index contributed by atoms with van der Waals surface area (Å²) in [7, 11) is -3.43. The molecule has 2 aromatic rings. The van der Waals surface area contributed by atoms with Crippen LogP contribution in [0.2, 0.25) is 0 Å². The first-order valence-corrected chi connectivity index (χ1v) is 9.32. The minimum Gasteiger partial charge on any atom is -0.487 e. The summed E-state index contributed by atoms with van der Waals surface area (Å²) >= 11 is 0. The highest BCUT2D eigenvalue weighted by Crippen LogP contribution is 2.39. The predicted octanol–water partition coefficient (Wildman–Crippen LogP) is 3.41. The van der Waals surface area contributed by atoms with Crippen molar-refractivity contribution in [1.29, 1.82) is 0 Å². The van der Waals surface area contributed by atoms with E-state index in [4.69, 9.17) is 4.74 Å². The van der Waals surface area contributed by atoms with E-state index in [0.29, 0.717) is 6.42 Å². The van der Waals surface area contributed by atoms with Crippen LogP contribution in [0.25, 0.3) is 0 Å². The summed E-state index contributed by atoms with van der Waals surface area (Å²) in [5, 5.41) is 0. The van der Waals surface area contributed by atoms with E-state index in [9.17, 15) is 8.42 Å². The Morgan fingerprint density at radius 1 is 1.09 bits per heavy atom. The second kappa shape index (κ2) is 5.98. The summed E-state index contributed by atoms with van der Waals surface area (Å²) in [4.78, 5) is 0. The molecule has 0 amide bonds. The van der Waals surface area contributed by atoms with E-state index >= 15 is 0 Å². The molecule has 1 atom stereocenters. The molecule has 0 spiro atoms. The molecule has 2 aromatic carbocycles. The summed E-state index contributed by atoms with van der Waals surface area (Å²) in [6.07, 6.45) is 0.595. The van der Waals surface area contributed by atoms with E-state index in [1.807, 2.05) is 68.4 Å². The SMILES string of the molecule is CC1(C)C[C@@H](NS(=O)(=O)Cc2ccccc2)c2ccccc2O1. The molecule has 122 valence electrons. The first-order valence-electron chi connectivity index (χ1n) is 7.67. The third kappa shape index (κ3) is 3.92. The van der Waals surface area contributed by atoms with Gasteiger partial charge < -0.3 is 4.74 Å². The van der Waals surface area contributed by atoms with Crippen molar-refractivity contribution in [3.8, 4) is 5.75 Å². The first kappa shape index (κ1) is 16.0. The molecule has 0 unspecified atom stereocenters. The number of rotatable bonds is 4. The normalized spacial score (nSPS) is 19.7. The molecule has 0 aliphatic carbocycles. The van der Waals surface area contributed by atoms with Gasteiger partial charge in [-0.05, 0) is 25.5 Å². The lowest BCUT2D eigenvalue weighted by molar-refractivity contribution is 0.0702. The zero-order valence-electron chi connectivity index (χ0n) is 13.3. The fourth-order valence-electron chi connectivity index (χ4n) is 2.96. The van der Waals surface area contributed by atoms with Crippen molar-refractivity contribution in [3.63, 3.8) is 0 Å². The predicted molar refractivity (Wildman–Crippen MR) is 90.7 cm³/mol. The fourth-order valence-corrected chi connectivity index (χ4v) is 4.32. The molecular weight excluding hydrogens is 310 g/mol. The summed E-state index contributed by atoms with van der Waals surface area (Å²) in [6, 6.07) is 16.5. The third-order valence-electron chi connectivity index (χ3n) is 3.90. The number of fused-ring (bicyclic) bond motifs is 1. The van der Waals surface area contributed by atoms with Gasteiger partial charge in [0.15, 0.2) is 0 Å². The maximum Gasteiger partial charge on any atom is 0.216 e. The van der Waals surface area contributed by atoms with Crippen LogP contribution in [-0.2, 0) is 15.8 Å². The lowest BCUT2D eigenvalue weighted by Crippen LogP contribution is -2.41. The lowest BCUT2D eigenvalue weighted by atomic mass is 9.90. The average molecular weight is 331 g/mol. The number of hydrogen-bond donors (Lipinski definition) is 1. The Morgan fingerprint density at radius 2 is 1.74 bits per heavy atom. The van der Waals surface area contributed by atoms with E-state index < -0.39 is 15.6 Å². The molecule has 1 heterocycles. The highest BCUT2D eigenvalue weighted by molar-refractivity contribution is 7.88. The molecule has 0 fully saturated rings. The van der Waals surface area contributed by atoms with Crippen LogP contribution >= 0.6 is 0 Å². The Hall–Kier alpha value is -1.85. The van der Waals surface area contributed by atoms with Crippen molar-refractivity contribution in [2.75, 3.05) is 0 Å². The van der Waals surface area contributed by atoms with Crippen LogP contribution in [0.3, 0.4) is 0 Å². The molecule has 1 N–H and O–H groups in total. The van der Waals surface area contributed by atoms with Gasteiger partial charge in [-0.1, -0.05) is 48.5 Å². The second-order valence-electron chi connectivity index (χ2n) is 6.52. The number of nitrogens with one attached hydrogen (secondary N) is 1. The third-order valence-corrected chi connectivity index (χ3v) is 5.25. The van der Waals surface area contributed by atoms with Gasteiger partial charge in [0.2, 0.25) is 10.0 Å². The highest BCUT2D eigenvalue weighted by atomic mass is 32.2. The maximum absolute atomic E-state index is 12.5. The Bertz CT molecular complexity index is 785. The fraction of sp³-hybridized carbons (Fsp3) is 0.333. The van der Waals surface area contributed by atoms with Gasteiger partial charge in [0.25, 0.3) is 0 Å². The quantitative estimate of drug-likeness (QED) is 0.934. The van der Waals surface area contributed by atoms with Crippen molar-refractivity contribution in [2.45, 2.75) is 37.7 Å². The minimum absolute atomic E-state index is 0.0200. The summed E-state index contributed by atoms with van der Waals surface area (Å²) in [6.45, 7) is 3.95. The van der Waals surface area contributed by atoms with Gasteiger partial charge in [0.1, 0.15) is 11.4 Å². The molecule has 1 aliphatic heterocycles. The topological polar surface area (TPSA) is 55.4 Å². The van der Waals surface area contributed by atoms with Crippen molar-refractivity contribution in [3.05, 3.63) is 65.7 Å². The van der Waals surface area contributed by atoms with Crippen LogP contribution in [0, 0.1) is 0 Å². The van der Waals surface area contributed by atoms with Gasteiger partial charge in [0, 0.05) is 12.0 Å². The largest absolute Gasteiger partial charge is 0.487 e. The Labute approximate surface area is 137 Å². The number of hydrogen-bond acceptors (Lipinski definition) is 3. The van der Waals surface area contributed by atoms with Crippen LogP contribution in [0.5, 0.6) is 5.75 Å². The van der Waals surface area contributed by atoms with Gasteiger partial charge in [0.05, 0.1) is 11.8 Å². The Balaban J connectivity index is 1.84. The van der Waals surface area contributed by atoms with Crippen LogP contribution in [0.1, 0.15) is 37.4 Å². The Kier molecular flexibility index (Phi) is 4.17. The number of para-hydroxylation sites is 1. The monoisotopic (exact) mass is 331 g/mol. The summed E-state index contributed by atoms with van der Waals surface area (Å²) in [5.74, 6) is 0.726. The highest BCUT2D eigenvalue weighted by Gasteiger charge is 2.35. The summed E-state index contributed by atoms with van der Waals surface area (Å²) < 4.78 is 33.9. The second-order valence-corrected chi connectivity index (χ2v) is 8.27. The molecule has 4 nitrogen and oxygen atoms in total. The molecule has 23 heavy (non-hydrogen) atoms. The standard InChI is InChI=1S/C18H21NO3S/c1-18(2)12-16(15-10-6-7-11-17(15)22-18)19-23(20,21)13-14-8-4-3-5-9-14/h3-11,16,19H,12-13H2,1-2H3/t16-/m1/s1. The minimum atomic E-state index is -3.43. The molecule has 0 radical (unpaired) electrons. The van der Waals surface area contributed by atoms with Gasteiger partial charge in [-0.3, -0.25) is 0 Å². The van der Waals surface area contributed by atoms with Crippen LogP contribution < -0.4 is 9.46 Å². The zero-order valence-corrected chi connectivity index (χ0v) is 14.1. The molecule has 1 aliphatic rings. The maximum atomic E-state index is 12.5. The van der Waals surface area contributed by atoms with Gasteiger partial charge >= 0.3 is 0 Å². The molecule has 0 saturated heterocycles. The van der Waals surface area contributed by atoms with E-state index in [1.54, 1.807) is 0 Å². The van der Waals surface area contributed by atoms with E-state index in [2.05, 4.69) is 4.72 Å². The Morgan fingerprint density at radius 3 is 2.48 bits per heavy atom. The molecular formula is C18H21NO3S. The lowest BCUT2D eigenvalue weighted by Gasteiger charge is -2.37.